The molecule has 130 valence electrons. The molecule has 2 aromatic rings. The molecule has 0 fully saturated rings. The number of carbonyl (C=O) groups excluding carboxylic acids is 1. The molecule has 6 heteroatoms. The quantitative estimate of drug-likeness (QED) is 0.762. The number of aromatic nitrogens is 2. The Morgan fingerprint density at radius 3 is 2.29 bits per heavy atom. The van der Waals surface area contributed by atoms with Crippen molar-refractivity contribution in [3.63, 3.8) is 0 Å². The van der Waals surface area contributed by atoms with Crippen LogP contribution < -0.4 is 10.1 Å². The summed E-state index contributed by atoms with van der Waals surface area (Å²) in [5.74, 6) is 1.10. The fourth-order valence-electron chi connectivity index (χ4n) is 2.53. The maximum atomic E-state index is 12.7. The smallest absolute Gasteiger partial charge is 0.273 e. The second-order valence-corrected chi connectivity index (χ2v) is 7.22. The lowest BCUT2D eigenvalue weighted by atomic mass is 9.95. The van der Waals surface area contributed by atoms with E-state index in [-0.39, 0.29) is 23.8 Å². The van der Waals surface area contributed by atoms with Gasteiger partial charge in [-0.25, -0.2) is 0 Å². The number of carbonyl (C=O) groups is 1. The molecule has 0 bridgehead atoms. The fraction of sp³-hybridized carbons (Fsp3) is 0.444. The van der Waals surface area contributed by atoms with E-state index < -0.39 is 0 Å². The number of rotatable bonds is 6. The number of nitrogens with zero attached hydrogens (tertiary/aromatic N) is 1. The summed E-state index contributed by atoms with van der Waals surface area (Å²) in [6.07, 6.45) is 0. The Morgan fingerprint density at radius 1 is 1.21 bits per heavy atom. The van der Waals surface area contributed by atoms with Crippen molar-refractivity contribution < 1.29 is 9.53 Å². The summed E-state index contributed by atoms with van der Waals surface area (Å²) in [7, 11) is 1.64. The first-order valence-electron chi connectivity index (χ1n) is 8.03. The number of aromatic amines is 1. The van der Waals surface area contributed by atoms with Gasteiger partial charge in [-0.05, 0) is 45.5 Å². The monoisotopic (exact) mass is 393 g/mol. The third-order valence-electron chi connectivity index (χ3n) is 3.95. The predicted molar refractivity (Wildman–Crippen MR) is 98.4 cm³/mol. The average Bonchev–Trinajstić information content (AvgIpc) is 2.94. The topological polar surface area (TPSA) is 67.0 Å². The molecule has 1 amide bonds. The molecular formula is C18H24BrN3O2. The van der Waals surface area contributed by atoms with Crippen molar-refractivity contribution in [2.75, 3.05) is 7.11 Å². The van der Waals surface area contributed by atoms with Gasteiger partial charge >= 0.3 is 0 Å². The van der Waals surface area contributed by atoms with Gasteiger partial charge in [-0.1, -0.05) is 39.8 Å². The van der Waals surface area contributed by atoms with Crippen molar-refractivity contribution in [3.8, 4) is 5.75 Å². The van der Waals surface area contributed by atoms with Gasteiger partial charge in [0.1, 0.15) is 5.75 Å². The van der Waals surface area contributed by atoms with E-state index in [1.807, 2.05) is 38.1 Å². The molecule has 1 unspecified atom stereocenters. The highest BCUT2D eigenvalue weighted by atomic mass is 79.9. The minimum atomic E-state index is -0.195. The first kappa shape index (κ1) is 18.5. The molecule has 0 saturated carbocycles. The lowest BCUT2D eigenvalue weighted by Gasteiger charge is -2.22. The van der Waals surface area contributed by atoms with Crippen LogP contribution in [0.4, 0.5) is 0 Å². The van der Waals surface area contributed by atoms with Crippen molar-refractivity contribution >= 4 is 21.8 Å². The molecule has 0 spiro atoms. The number of benzene rings is 1. The Kier molecular flexibility index (Phi) is 6.04. The Hall–Kier alpha value is -1.82. The first-order chi connectivity index (χ1) is 11.3. The Labute approximate surface area is 151 Å². The largest absolute Gasteiger partial charge is 0.497 e. The van der Waals surface area contributed by atoms with Gasteiger partial charge in [-0.2, -0.15) is 5.10 Å². The molecular weight excluding hydrogens is 370 g/mol. The molecule has 2 rings (SSSR count). The molecule has 0 saturated heterocycles. The average molecular weight is 394 g/mol. The number of amides is 1. The lowest BCUT2D eigenvalue weighted by molar-refractivity contribution is 0.0919. The van der Waals surface area contributed by atoms with Gasteiger partial charge in [0.2, 0.25) is 0 Å². The van der Waals surface area contributed by atoms with Crippen molar-refractivity contribution in [3.05, 3.63) is 45.7 Å². The molecule has 0 aliphatic heterocycles. The highest BCUT2D eigenvalue weighted by Crippen LogP contribution is 2.28. The second kappa shape index (κ2) is 7.83. The summed E-state index contributed by atoms with van der Waals surface area (Å²) in [6, 6.07) is 7.65. The third kappa shape index (κ3) is 3.98. The molecule has 0 aliphatic carbocycles. The molecule has 5 nitrogen and oxygen atoms in total. The van der Waals surface area contributed by atoms with Crippen LogP contribution in [0.25, 0.3) is 0 Å². The highest BCUT2D eigenvalue weighted by molar-refractivity contribution is 9.10. The lowest BCUT2D eigenvalue weighted by Crippen LogP contribution is -2.32. The van der Waals surface area contributed by atoms with E-state index in [4.69, 9.17) is 4.74 Å². The van der Waals surface area contributed by atoms with Crippen LogP contribution in [-0.2, 0) is 0 Å². The van der Waals surface area contributed by atoms with Crippen molar-refractivity contribution in [2.45, 2.75) is 39.7 Å². The number of ether oxygens (including phenoxy) is 1. The zero-order chi connectivity index (χ0) is 17.9. The Bertz CT molecular complexity index is 693. The molecule has 1 atom stereocenters. The van der Waals surface area contributed by atoms with Crippen LogP contribution in [-0.4, -0.2) is 23.2 Å². The van der Waals surface area contributed by atoms with E-state index in [0.717, 1.165) is 21.5 Å². The molecule has 24 heavy (non-hydrogen) atoms. The number of H-pyrrole nitrogens is 1. The predicted octanol–water partition coefficient (Wildman–Crippen LogP) is 4.43. The number of methoxy groups -OCH3 is 1. The third-order valence-corrected chi connectivity index (χ3v) is 4.76. The van der Waals surface area contributed by atoms with Gasteiger partial charge < -0.3 is 10.1 Å². The summed E-state index contributed by atoms with van der Waals surface area (Å²) in [5.41, 5.74) is 2.35. The van der Waals surface area contributed by atoms with Gasteiger partial charge in [-0.3, -0.25) is 9.89 Å². The van der Waals surface area contributed by atoms with Crippen LogP contribution in [0.1, 0.15) is 61.4 Å². The van der Waals surface area contributed by atoms with Crippen LogP contribution >= 0.6 is 15.9 Å². The zero-order valence-electron chi connectivity index (χ0n) is 14.7. The van der Waals surface area contributed by atoms with E-state index in [1.165, 1.54) is 0 Å². The van der Waals surface area contributed by atoms with Gasteiger partial charge in [0.05, 0.1) is 23.3 Å². The van der Waals surface area contributed by atoms with Crippen molar-refractivity contribution in [1.29, 1.82) is 0 Å². The van der Waals surface area contributed by atoms with E-state index in [1.54, 1.807) is 7.11 Å². The van der Waals surface area contributed by atoms with E-state index in [2.05, 4.69) is 45.3 Å². The maximum absolute atomic E-state index is 12.7. The van der Waals surface area contributed by atoms with Crippen LogP contribution in [0.15, 0.2) is 28.7 Å². The summed E-state index contributed by atoms with van der Waals surface area (Å²) < 4.78 is 5.92. The highest BCUT2D eigenvalue weighted by Gasteiger charge is 2.24. The summed E-state index contributed by atoms with van der Waals surface area (Å²) in [5, 5.41) is 10.2. The van der Waals surface area contributed by atoms with Crippen LogP contribution in [0.3, 0.4) is 0 Å². The van der Waals surface area contributed by atoms with Crippen molar-refractivity contribution in [1.82, 2.24) is 15.5 Å². The van der Waals surface area contributed by atoms with Gasteiger partial charge in [-0.15, -0.1) is 0 Å². The number of halogens is 1. The van der Waals surface area contributed by atoms with Crippen LogP contribution in [0.2, 0.25) is 0 Å². The number of nitrogens with one attached hydrogen (secondary N) is 2. The van der Waals surface area contributed by atoms with Crippen LogP contribution in [0, 0.1) is 5.92 Å². The fourth-order valence-corrected chi connectivity index (χ4v) is 3.35. The Morgan fingerprint density at radius 2 is 1.83 bits per heavy atom. The first-order valence-corrected chi connectivity index (χ1v) is 8.83. The summed E-state index contributed by atoms with van der Waals surface area (Å²) >= 11 is 3.48. The SMILES string of the molecule is COc1ccc(C(NC(=O)c2n[nH]c(C(C)C)c2Br)C(C)C)cc1. The normalized spacial score (nSPS) is 12.5. The molecule has 0 aliphatic rings. The summed E-state index contributed by atoms with van der Waals surface area (Å²) in [6.45, 7) is 8.26. The van der Waals surface area contributed by atoms with Gasteiger partial charge in [0, 0.05) is 0 Å². The standard InChI is InChI=1S/C18H24BrN3O2/c1-10(2)15(12-6-8-13(24-5)9-7-12)20-18(23)17-14(19)16(11(3)4)21-22-17/h6-11,15H,1-5H3,(H,20,23)(H,21,22). The van der Waals surface area contributed by atoms with Crippen molar-refractivity contribution in [2.24, 2.45) is 5.92 Å². The second-order valence-electron chi connectivity index (χ2n) is 6.42. The minimum Gasteiger partial charge on any atom is -0.497 e. The molecule has 1 aromatic carbocycles. The molecule has 2 N–H and O–H groups in total. The number of hydrogen-bond donors (Lipinski definition) is 2. The van der Waals surface area contributed by atoms with E-state index in [0.29, 0.717) is 5.69 Å². The maximum Gasteiger partial charge on any atom is 0.273 e. The van der Waals surface area contributed by atoms with Gasteiger partial charge in [0.15, 0.2) is 5.69 Å². The van der Waals surface area contributed by atoms with Crippen LogP contribution in [0.5, 0.6) is 5.75 Å². The van der Waals surface area contributed by atoms with Gasteiger partial charge in [0.25, 0.3) is 5.91 Å². The number of hydrogen-bond acceptors (Lipinski definition) is 3. The van der Waals surface area contributed by atoms with E-state index in [9.17, 15) is 4.79 Å². The molecule has 1 aromatic heterocycles. The molecule has 1 heterocycles. The minimum absolute atomic E-state index is 0.102. The summed E-state index contributed by atoms with van der Waals surface area (Å²) in [4.78, 5) is 12.7. The Balaban J connectivity index is 2.22. The zero-order valence-corrected chi connectivity index (χ0v) is 16.3. The van der Waals surface area contributed by atoms with E-state index >= 15 is 0 Å². The molecule has 0 radical (unpaired) electrons.